The molecule has 0 atom stereocenters. The molecule has 0 saturated heterocycles. The number of fused-ring (bicyclic) bond motifs is 1. The van der Waals surface area contributed by atoms with Gasteiger partial charge in [-0.3, -0.25) is 4.31 Å². The number of ether oxygens (including phenoxy) is 1. The smallest absolute Gasteiger partial charge is 0.264 e. The second-order valence-electron chi connectivity index (χ2n) is 4.35. The number of anilines is 1. The van der Waals surface area contributed by atoms with Crippen molar-refractivity contribution >= 4 is 31.6 Å². The molecule has 1 heterocycles. The van der Waals surface area contributed by atoms with Crippen LogP contribution < -0.4 is 9.04 Å². The van der Waals surface area contributed by atoms with Crippen LogP contribution in [0.25, 0.3) is 0 Å². The molecule has 0 spiro atoms. The van der Waals surface area contributed by atoms with Crippen LogP contribution >= 0.6 is 15.9 Å². The van der Waals surface area contributed by atoms with Gasteiger partial charge in [0.2, 0.25) is 0 Å². The van der Waals surface area contributed by atoms with Crippen molar-refractivity contribution < 1.29 is 13.2 Å². The van der Waals surface area contributed by atoms with Gasteiger partial charge in [-0.05, 0) is 36.4 Å². The molecule has 0 radical (unpaired) electrons. The van der Waals surface area contributed by atoms with Crippen LogP contribution in [0.3, 0.4) is 0 Å². The highest BCUT2D eigenvalue weighted by atomic mass is 79.9. The van der Waals surface area contributed by atoms with E-state index in [4.69, 9.17) is 4.74 Å². The zero-order valence-corrected chi connectivity index (χ0v) is 12.9. The first kappa shape index (κ1) is 13.5. The van der Waals surface area contributed by atoms with Crippen LogP contribution in [0.1, 0.15) is 0 Å². The monoisotopic (exact) mass is 353 g/mol. The Hall–Kier alpha value is -1.53. The Labute approximate surface area is 126 Å². The Morgan fingerprint density at radius 2 is 1.75 bits per heavy atom. The van der Waals surface area contributed by atoms with Gasteiger partial charge in [0.15, 0.2) is 0 Å². The molecule has 2 aromatic carbocycles. The van der Waals surface area contributed by atoms with Crippen LogP contribution in [0, 0.1) is 0 Å². The lowest BCUT2D eigenvalue weighted by molar-refractivity contribution is 0.316. The number of sulfonamides is 1. The van der Waals surface area contributed by atoms with E-state index in [1.807, 2.05) is 6.07 Å². The largest absolute Gasteiger partial charge is 0.489 e. The van der Waals surface area contributed by atoms with Gasteiger partial charge in [-0.2, -0.15) is 0 Å². The summed E-state index contributed by atoms with van der Waals surface area (Å²) in [5, 5.41) is 0. The number of halogens is 1. The molecule has 0 saturated carbocycles. The third-order valence-electron chi connectivity index (χ3n) is 3.09. The van der Waals surface area contributed by atoms with Crippen molar-refractivity contribution in [1.29, 1.82) is 0 Å². The van der Waals surface area contributed by atoms with E-state index in [1.54, 1.807) is 42.5 Å². The van der Waals surface area contributed by atoms with Gasteiger partial charge < -0.3 is 4.74 Å². The van der Waals surface area contributed by atoms with Gasteiger partial charge in [0, 0.05) is 4.47 Å². The fourth-order valence-corrected chi connectivity index (χ4v) is 3.85. The topological polar surface area (TPSA) is 46.6 Å². The lowest BCUT2D eigenvalue weighted by Crippen LogP contribution is -2.37. The van der Waals surface area contributed by atoms with Crippen molar-refractivity contribution in [3.8, 4) is 5.75 Å². The number of rotatable bonds is 2. The second kappa shape index (κ2) is 5.10. The predicted molar refractivity (Wildman–Crippen MR) is 80.6 cm³/mol. The molecule has 0 bridgehead atoms. The van der Waals surface area contributed by atoms with Gasteiger partial charge >= 0.3 is 0 Å². The summed E-state index contributed by atoms with van der Waals surface area (Å²) in [6.45, 7) is 0.669. The minimum absolute atomic E-state index is 0.275. The minimum atomic E-state index is -3.56. The van der Waals surface area contributed by atoms with E-state index in [-0.39, 0.29) is 4.90 Å². The molecule has 0 fully saturated rings. The molecule has 0 aromatic heterocycles. The average Bonchev–Trinajstić information content (AvgIpc) is 2.47. The average molecular weight is 354 g/mol. The van der Waals surface area contributed by atoms with E-state index in [0.717, 1.165) is 4.47 Å². The molecule has 0 amide bonds. The van der Waals surface area contributed by atoms with Crippen LogP contribution in [0.2, 0.25) is 0 Å². The third-order valence-corrected chi connectivity index (χ3v) is 5.44. The summed E-state index contributed by atoms with van der Waals surface area (Å²) >= 11 is 3.31. The first-order valence-electron chi connectivity index (χ1n) is 6.09. The summed E-state index contributed by atoms with van der Waals surface area (Å²) < 4.78 is 33.2. The van der Waals surface area contributed by atoms with E-state index in [2.05, 4.69) is 15.9 Å². The molecule has 3 rings (SSSR count). The second-order valence-corrected chi connectivity index (χ2v) is 7.13. The van der Waals surface area contributed by atoms with Crippen molar-refractivity contribution in [3.63, 3.8) is 0 Å². The van der Waals surface area contributed by atoms with Crippen LogP contribution in [-0.2, 0) is 10.0 Å². The van der Waals surface area contributed by atoms with Crippen molar-refractivity contribution in [2.24, 2.45) is 0 Å². The van der Waals surface area contributed by atoms with Crippen molar-refractivity contribution in [3.05, 3.63) is 53.0 Å². The number of hydrogen-bond acceptors (Lipinski definition) is 3. The Balaban J connectivity index is 2.07. The number of benzene rings is 2. The fraction of sp³-hybridized carbons (Fsp3) is 0.143. The van der Waals surface area contributed by atoms with Crippen LogP contribution in [0.15, 0.2) is 57.9 Å². The van der Waals surface area contributed by atoms with Crippen molar-refractivity contribution in [1.82, 2.24) is 0 Å². The molecule has 1 aliphatic heterocycles. The lowest BCUT2D eigenvalue weighted by Gasteiger charge is -2.30. The van der Waals surface area contributed by atoms with Crippen LogP contribution in [0.4, 0.5) is 5.69 Å². The van der Waals surface area contributed by atoms with Gasteiger partial charge in [-0.15, -0.1) is 0 Å². The van der Waals surface area contributed by atoms with E-state index >= 15 is 0 Å². The van der Waals surface area contributed by atoms with E-state index < -0.39 is 10.0 Å². The molecular formula is C14H12BrNO3S. The highest BCUT2D eigenvalue weighted by molar-refractivity contribution is 9.10. The van der Waals surface area contributed by atoms with Gasteiger partial charge in [0.1, 0.15) is 12.4 Å². The maximum atomic E-state index is 12.7. The fourth-order valence-electron chi connectivity index (χ4n) is 2.13. The highest BCUT2D eigenvalue weighted by Gasteiger charge is 2.29. The zero-order chi connectivity index (χ0) is 14.2. The quantitative estimate of drug-likeness (QED) is 0.833. The first-order valence-corrected chi connectivity index (χ1v) is 8.32. The number of nitrogens with zero attached hydrogens (tertiary/aromatic N) is 1. The molecule has 6 heteroatoms. The molecule has 20 heavy (non-hydrogen) atoms. The van der Waals surface area contributed by atoms with Gasteiger partial charge in [0.05, 0.1) is 17.1 Å². The van der Waals surface area contributed by atoms with Crippen molar-refractivity contribution in [2.45, 2.75) is 4.90 Å². The number of hydrogen-bond donors (Lipinski definition) is 0. The predicted octanol–water partition coefficient (Wildman–Crippen LogP) is 3.04. The van der Waals surface area contributed by atoms with Gasteiger partial charge in [-0.1, -0.05) is 28.1 Å². The number of para-hydroxylation sites is 2. The molecule has 2 aromatic rings. The minimum Gasteiger partial charge on any atom is -0.489 e. The first-order chi connectivity index (χ1) is 9.59. The molecule has 0 N–H and O–H groups in total. The lowest BCUT2D eigenvalue weighted by atomic mass is 10.2. The third kappa shape index (κ3) is 2.29. The van der Waals surface area contributed by atoms with Crippen LogP contribution in [0.5, 0.6) is 5.75 Å². The van der Waals surface area contributed by atoms with Gasteiger partial charge in [0.25, 0.3) is 10.0 Å². The van der Waals surface area contributed by atoms with E-state index in [9.17, 15) is 8.42 Å². The maximum Gasteiger partial charge on any atom is 0.264 e. The molecule has 0 aliphatic carbocycles. The zero-order valence-electron chi connectivity index (χ0n) is 10.5. The highest BCUT2D eigenvalue weighted by Crippen LogP contribution is 2.34. The normalized spacial score (nSPS) is 14.6. The Morgan fingerprint density at radius 3 is 2.50 bits per heavy atom. The molecule has 4 nitrogen and oxygen atoms in total. The summed E-state index contributed by atoms with van der Waals surface area (Å²) in [6, 6.07) is 13.8. The summed E-state index contributed by atoms with van der Waals surface area (Å²) in [5.41, 5.74) is 0.585. The maximum absolute atomic E-state index is 12.7. The van der Waals surface area contributed by atoms with Crippen molar-refractivity contribution in [2.75, 3.05) is 17.5 Å². The van der Waals surface area contributed by atoms with Crippen LogP contribution in [-0.4, -0.2) is 21.6 Å². The SMILES string of the molecule is O=S(=O)(c1ccc(Br)cc1)N1CCOc2ccccc21. The summed E-state index contributed by atoms with van der Waals surface area (Å²) in [5.74, 6) is 0.597. The Kier molecular flexibility index (Phi) is 3.43. The Morgan fingerprint density at radius 1 is 1.05 bits per heavy atom. The Bertz CT molecular complexity index is 728. The molecule has 1 aliphatic rings. The summed E-state index contributed by atoms with van der Waals surface area (Å²) in [7, 11) is -3.56. The molecule has 104 valence electrons. The summed E-state index contributed by atoms with van der Waals surface area (Å²) in [6.07, 6.45) is 0. The van der Waals surface area contributed by atoms with E-state index in [0.29, 0.717) is 24.6 Å². The van der Waals surface area contributed by atoms with E-state index in [1.165, 1.54) is 4.31 Å². The summed E-state index contributed by atoms with van der Waals surface area (Å²) in [4.78, 5) is 0.275. The molecule has 0 unspecified atom stereocenters. The standard InChI is InChI=1S/C14H12BrNO3S/c15-11-5-7-12(8-6-11)20(17,18)16-9-10-19-14-4-2-1-3-13(14)16/h1-8H,9-10H2. The molecular weight excluding hydrogens is 342 g/mol. The van der Waals surface area contributed by atoms with Gasteiger partial charge in [-0.25, -0.2) is 8.42 Å².